The molecule has 3 atom stereocenters. The number of carbonyl (C=O) groups is 1. The van der Waals surface area contributed by atoms with Gasteiger partial charge in [0.05, 0.1) is 18.4 Å². The van der Waals surface area contributed by atoms with Crippen LogP contribution in [0.15, 0.2) is 42.7 Å². The lowest BCUT2D eigenvalue weighted by atomic mass is 10.0. The molecule has 0 bridgehead atoms. The minimum atomic E-state index is -0.188. The lowest BCUT2D eigenvalue weighted by molar-refractivity contribution is 0.0934. The van der Waals surface area contributed by atoms with Gasteiger partial charge in [0.15, 0.2) is 0 Å². The first-order valence-electron chi connectivity index (χ1n) is 8.84. The molecule has 6 heteroatoms. The smallest absolute Gasteiger partial charge is 0.272 e. The number of aromatic nitrogens is 2. The van der Waals surface area contributed by atoms with Crippen LogP contribution in [0.4, 0.5) is 5.82 Å². The molecule has 2 aliphatic heterocycles. The van der Waals surface area contributed by atoms with E-state index in [9.17, 15) is 4.79 Å². The summed E-state index contributed by atoms with van der Waals surface area (Å²) in [4.78, 5) is 23.6. The van der Waals surface area contributed by atoms with Crippen LogP contribution in [0.1, 0.15) is 29.0 Å². The molecule has 0 spiro atoms. The third-order valence-corrected chi connectivity index (χ3v) is 5.22. The van der Waals surface area contributed by atoms with Crippen LogP contribution in [-0.4, -0.2) is 42.1 Å². The summed E-state index contributed by atoms with van der Waals surface area (Å²) in [5.41, 5.74) is 1.44. The highest BCUT2D eigenvalue weighted by atomic mass is 16.1. The maximum Gasteiger partial charge on any atom is 0.272 e. The molecule has 4 rings (SSSR count). The van der Waals surface area contributed by atoms with E-state index in [4.69, 9.17) is 0 Å². The van der Waals surface area contributed by atoms with Gasteiger partial charge in [-0.2, -0.15) is 0 Å². The van der Waals surface area contributed by atoms with Gasteiger partial charge in [0.25, 0.3) is 5.91 Å². The fourth-order valence-electron chi connectivity index (χ4n) is 3.76. The molecule has 1 aromatic heterocycles. The van der Waals surface area contributed by atoms with Crippen molar-refractivity contribution >= 4 is 11.7 Å². The minimum Gasteiger partial charge on any atom is -0.355 e. The highest BCUT2D eigenvalue weighted by Gasteiger charge is 2.36. The van der Waals surface area contributed by atoms with Crippen molar-refractivity contribution in [3.05, 3.63) is 54.0 Å². The molecule has 6 nitrogen and oxygen atoms in total. The van der Waals surface area contributed by atoms with E-state index < -0.39 is 0 Å². The molecule has 0 aliphatic carbocycles. The Labute approximate surface area is 147 Å². The molecule has 130 valence electrons. The molecule has 25 heavy (non-hydrogen) atoms. The molecular weight excluding hydrogens is 314 g/mol. The zero-order chi connectivity index (χ0) is 17.2. The third-order valence-electron chi connectivity index (χ3n) is 5.22. The van der Waals surface area contributed by atoms with Crippen LogP contribution < -0.4 is 15.5 Å². The van der Waals surface area contributed by atoms with Crippen LogP contribution in [0.2, 0.25) is 0 Å². The second-order valence-electron chi connectivity index (χ2n) is 6.95. The minimum absolute atomic E-state index is 0.0728. The van der Waals surface area contributed by atoms with Crippen LogP contribution in [0.5, 0.6) is 0 Å². The summed E-state index contributed by atoms with van der Waals surface area (Å²) in [6, 6.07) is 9.84. The summed E-state index contributed by atoms with van der Waals surface area (Å²) < 4.78 is 0. The Morgan fingerprint density at radius 1 is 1.20 bits per heavy atom. The number of anilines is 1. The van der Waals surface area contributed by atoms with Crippen molar-refractivity contribution in [1.82, 2.24) is 20.6 Å². The molecule has 3 heterocycles. The van der Waals surface area contributed by atoms with Gasteiger partial charge in [-0.3, -0.25) is 9.78 Å². The Bertz CT molecular complexity index is 738. The predicted octanol–water partition coefficient (Wildman–Crippen LogP) is 1.62. The zero-order valence-corrected chi connectivity index (χ0v) is 14.4. The largest absolute Gasteiger partial charge is 0.355 e. The van der Waals surface area contributed by atoms with Crippen molar-refractivity contribution in [2.45, 2.75) is 13.0 Å². The van der Waals surface area contributed by atoms with E-state index in [-0.39, 0.29) is 11.9 Å². The molecule has 2 aliphatic rings. The topological polar surface area (TPSA) is 70.2 Å². The quantitative estimate of drug-likeness (QED) is 0.887. The molecule has 0 radical (unpaired) electrons. The van der Waals surface area contributed by atoms with Crippen molar-refractivity contribution in [1.29, 1.82) is 0 Å². The first-order valence-corrected chi connectivity index (χ1v) is 8.84. The SMILES string of the molecule is CC(NC(=O)c1cncc(N2C[C@H]3CNC[C@H]3C2)n1)c1ccccc1. The summed E-state index contributed by atoms with van der Waals surface area (Å²) in [5.74, 6) is 1.97. The van der Waals surface area contributed by atoms with Crippen molar-refractivity contribution in [2.24, 2.45) is 11.8 Å². The molecule has 0 saturated carbocycles. The summed E-state index contributed by atoms with van der Waals surface area (Å²) >= 11 is 0. The number of hydrogen-bond acceptors (Lipinski definition) is 5. The lowest BCUT2D eigenvalue weighted by Crippen LogP contribution is -2.29. The number of hydrogen-bond donors (Lipinski definition) is 2. The average molecular weight is 337 g/mol. The Balaban J connectivity index is 1.45. The Morgan fingerprint density at radius 3 is 2.64 bits per heavy atom. The second-order valence-corrected chi connectivity index (χ2v) is 6.95. The zero-order valence-electron chi connectivity index (χ0n) is 14.4. The molecule has 2 fully saturated rings. The number of rotatable bonds is 4. The highest BCUT2D eigenvalue weighted by Crippen LogP contribution is 2.29. The molecule has 2 N–H and O–H groups in total. The second kappa shape index (κ2) is 6.80. The van der Waals surface area contributed by atoms with E-state index in [1.54, 1.807) is 6.20 Å². The first-order chi connectivity index (χ1) is 12.2. The van der Waals surface area contributed by atoms with Gasteiger partial charge in [-0.15, -0.1) is 0 Å². The number of fused-ring (bicyclic) bond motifs is 1. The van der Waals surface area contributed by atoms with Gasteiger partial charge in [-0.25, -0.2) is 4.98 Å². The van der Waals surface area contributed by atoms with Crippen LogP contribution in [0.3, 0.4) is 0 Å². The summed E-state index contributed by atoms with van der Waals surface area (Å²) in [6.45, 7) is 6.08. The monoisotopic (exact) mass is 337 g/mol. The molecule has 1 amide bonds. The van der Waals surface area contributed by atoms with Crippen molar-refractivity contribution in [2.75, 3.05) is 31.1 Å². The maximum atomic E-state index is 12.5. The Hall–Kier alpha value is -2.47. The average Bonchev–Trinajstić information content (AvgIpc) is 3.24. The van der Waals surface area contributed by atoms with E-state index in [2.05, 4.69) is 25.5 Å². The van der Waals surface area contributed by atoms with E-state index in [1.165, 1.54) is 6.20 Å². The van der Waals surface area contributed by atoms with Crippen LogP contribution in [0, 0.1) is 11.8 Å². The number of nitrogens with zero attached hydrogens (tertiary/aromatic N) is 3. The highest BCUT2D eigenvalue weighted by molar-refractivity contribution is 5.92. The fraction of sp³-hybridized carbons (Fsp3) is 0.421. The normalized spacial score (nSPS) is 23.3. The molecule has 1 aromatic carbocycles. The van der Waals surface area contributed by atoms with Crippen molar-refractivity contribution in [3.63, 3.8) is 0 Å². The van der Waals surface area contributed by atoms with Crippen LogP contribution in [0.25, 0.3) is 0 Å². The standard InChI is InChI=1S/C19H23N5O/c1-13(14-5-3-2-4-6-14)22-19(25)17-9-21-10-18(23-17)24-11-15-7-20-8-16(15)12-24/h2-6,9-10,13,15-16,20H,7-8,11-12H2,1H3,(H,22,25)/t13?,15-,16+. The summed E-state index contributed by atoms with van der Waals surface area (Å²) in [7, 11) is 0. The third kappa shape index (κ3) is 3.35. The van der Waals surface area contributed by atoms with Crippen LogP contribution in [-0.2, 0) is 0 Å². The molecule has 2 saturated heterocycles. The molecular formula is C19H23N5O. The number of amides is 1. The molecule has 2 aromatic rings. The summed E-state index contributed by atoms with van der Waals surface area (Å²) in [5, 5.41) is 6.44. The van der Waals surface area contributed by atoms with E-state index in [0.717, 1.165) is 37.6 Å². The van der Waals surface area contributed by atoms with Gasteiger partial charge >= 0.3 is 0 Å². The van der Waals surface area contributed by atoms with Gasteiger partial charge in [0, 0.05) is 26.2 Å². The van der Waals surface area contributed by atoms with Gasteiger partial charge in [-0.05, 0) is 24.3 Å². The van der Waals surface area contributed by atoms with Gasteiger partial charge in [-0.1, -0.05) is 30.3 Å². The lowest BCUT2D eigenvalue weighted by Gasteiger charge is -2.19. The van der Waals surface area contributed by atoms with Gasteiger partial charge in [0.1, 0.15) is 11.5 Å². The molecule has 1 unspecified atom stereocenters. The number of carbonyl (C=O) groups excluding carboxylic acids is 1. The Morgan fingerprint density at radius 2 is 1.92 bits per heavy atom. The van der Waals surface area contributed by atoms with Crippen LogP contribution >= 0.6 is 0 Å². The van der Waals surface area contributed by atoms with Crippen molar-refractivity contribution in [3.8, 4) is 0 Å². The van der Waals surface area contributed by atoms with E-state index >= 15 is 0 Å². The number of nitrogens with one attached hydrogen (secondary N) is 2. The van der Waals surface area contributed by atoms with Gasteiger partial charge in [0.2, 0.25) is 0 Å². The van der Waals surface area contributed by atoms with Crippen molar-refractivity contribution < 1.29 is 4.79 Å². The Kier molecular flexibility index (Phi) is 4.36. The fourth-order valence-corrected chi connectivity index (χ4v) is 3.76. The van der Waals surface area contributed by atoms with Gasteiger partial charge < -0.3 is 15.5 Å². The van der Waals surface area contributed by atoms with E-state index in [1.807, 2.05) is 37.3 Å². The first kappa shape index (κ1) is 16.0. The maximum absolute atomic E-state index is 12.5. The van der Waals surface area contributed by atoms with E-state index in [0.29, 0.717) is 17.5 Å². The summed E-state index contributed by atoms with van der Waals surface area (Å²) in [6.07, 6.45) is 3.29. The predicted molar refractivity (Wildman–Crippen MR) is 96.4 cm³/mol. The number of benzene rings is 1.